The molecule has 0 heterocycles. The average Bonchev–Trinajstić information content (AvgIpc) is 3.39. The number of esters is 2. The lowest BCUT2D eigenvalue weighted by Crippen LogP contribution is -2.38. The summed E-state index contributed by atoms with van der Waals surface area (Å²) in [7, 11) is 2.18. The average molecular weight is 1030 g/mol. The molecule has 0 bridgehead atoms. The lowest BCUT2D eigenvalue weighted by atomic mass is 9.96. The summed E-state index contributed by atoms with van der Waals surface area (Å²) in [5.74, 6) is 1.13. The van der Waals surface area contributed by atoms with Crippen molar-refractivity contribution < 1.29 is 19.1 Å². The molecule has 0 fully saturated rings. The van der Waals surface area contributed by atoms with Crippen molar-refractivity contribution in [2.75, 3.05) is 46.4 Å². The highest BCUT2D eigenvalue weighted by Crippen LogP contribution is 2.23. The molecule has 7 heteroatoms. The Morgan fingerprint density at radius 3 is 1.08 bits per heavy atom. The van der Waals surface area contributed by atoms with Crippen LogP contribution in [-0.4, -0.2) is 80.6 Å². The molecule has 0 aromatic rings. The molecule has 0 aromatic heterocycles. The number of carbonyl (C=O) groups is 2. The van der Waals surface area contributed by atoms with Crippen LogP contribution in [0.3, 0.4) is 0 Å². The molecule has 7 nitrogen and oxygen atoms in total. The van der Waals surface area contributed by atoms with E-state index in [4.69, 9.17) is 9.47 Å². The zero-order chi connectivity index (χ0) is 53.3. The molecule has 0 saturated carbocycles. The molecule has 0 aliphatic rings. The third-order valence-corrected chi connectivity index (χ3v) is 15.9. The van der Waals surface area contributed by atoms with Gasteiger partial charge in [0, 0.05) is 45.6 Å². The van der Waals surface area contributed by atoms with E-state index in [0.29, 0.717) is 43.9 Å². The van der Waals surface area contributed by atoms with Crippen molar-refractivity contribution in [3.05, 3.63) is 0 Å². The van der Waals surface area contributed by atoms with Crippen molar-refractivity contribution in [1.29, 1.82) is 0 Å². The molecule has 434 valence electrons. The Hall–Kier alpha value is -1.63. The van der Waals surface area contributed by atoms with Gasteiger partial charge < -0.3 is 19.3 Å². The van der Waals surface area contributed by atoms with E-state index in [2.05, 4.69) is 63.4 Å². The number of rotatable bonds is 60. The van der Waals surface area contributed by atoms with Crippen LogP contribution in [0.25, 0.3) is 0 Å². The Bertz CT molecular complexity index is 1090. The van der Waals surface area contributed by atoms with Crippen LogP contribution in [0.5, 0.6) is 0 Å². The quantitative estimate of drug-likeness (QED) is 0.0262. The molecule has 0 spiro atoms. The van der Waals surface area contributed by atoms with E-state index in [1.165, 1.54) is 276 Å². The Morgan fingerprint density at radius 1 is 0.370 bits per heavy atom. The standard InChI is InChI=1S/C66H131N3O4/c1-8-14-19-22-23-24-25-26-27-28-29-34-39-46-57-69(58-47-56-68(7)61-67-13-6)64(52-42-35-30-32-37-44-54-65(70)72-59-62(48-17-11-4)50-40-20-15-9-2)53-43-36-31-33-38-45-55-66(71)73-60-63(49-18-12-5)51-41-21-16-10-3/h61-64H,8-60H2,1-7H3. The maximum absolute atomic E-state index is 12.7. The zero-order valence-corrected chi connectivity index (χ0v) is 50.8. The summed E-state index contributed by atoms with van der Waals surface area (Å²) < 4.78 is 11.7. The van der Waals surface area contributed by atoms with Crippen LogP contribution in [0.2, 0.25) is 0 Å². The molecule has 0 rings (SSSR count). The van der Waals surface area contributed by atoms with Gasteiger partial charge in [0.2, 0.25) is 0 Å². The van der Waals surface area contributed by atoms with Gasteiger partial charge in [-0.15, -0.1) is 0 Å². The Labute approximate surface area is 457 Å². The number of carbonyl (C=O) groups excluding carboxylic acids is 2. The monoisotopic (exact) mass is 1030 g/mol. The highest BCUT2D eigenvalue weighted by atomic mass is 16.5. The SMILES string of the molecule is CCCCCCCCCCCCCCCCN(CCCN(C)C=NCC)C(CCCCCCCCC(=O)OCC(CCCC)CCCCCC)CCCCCCCCC(=O)OCC(CCCC)CCCCCC. The predicted molar refractivity (Wildman–Crippen MR) is 321 cm³/mol. The molecule has 0 saturated heterocycles. The molecular weight excluding hydrogens is 899 g/mol. The fourth-order valence-electron chi connectivity index (χ4n) is 10.9. The fraction of sp³-hybridized carbons (Fsp3) is 0.955. The lowest BCUT2D eigenvalue weighted by molar-refractivity contribution is -0.146. The number of hydrogen-bond acceptors (Lipinski definition) is 6. The highest BCUT2D eigenvalue weighted by molar-refractivity contribution is 5.69. The molecule has 73 heavy (non-hydrogen) atoms. The van der Waals surface area contributed by atoms with Crippen LogP contribution in [0.4, 0.5) is 0 Å². The summed E-state index contributed by atoms with van der Waals surface area (Å²) in [6.07, 6.45) is 61.1. The highest BCUT2D eigenvalue weighted by Gasteiger charge is 2.19. The summed E-state index contributed by atoms with van der Waals surface area (Å²) in [6.45, 7) is 19.0. The largest absolute Gasteiger partial charge is 0.465 e. The van der Waals surface area contributed by atoms with E-state index in [-0.39, 0.29) is 11.9 Å². The van der Waals surface area contributed by atoms with Gasteiger partial charge in [0.25, 0.3) is 0 Å². The van der Waals surface area contributed by atoms with Crippen LogP contribution in [0.15, 0.2) is 4.99 Å². The van der Waals surface area contributed by atoms with Gasteiger partial charge in [0.05, 0.1) is 19.6 Å². The molecule has 0 radical (unpaired) electrons. The fourth-order valence-corrected chi connectivity index (χ4v) is 10.9. The van der Waals surface area contributed by atoms with Gasteiger partial charge in [-0.05, 0) is 89.5 Å². The van der Waals surface area contributed by atoms with E-state index in [9.17, 15) is 9.59 Å². The summed E-state index contributed by atoms with van der Waals surface area (Å²) in [5, 5.41) is 0. The third-order valence-electron chi connectivity index (χ3n) is 15.9. The van der Waals surface area contributed by atoms with Gasteiger partial charge in [-0.1, -0.05) is 259 Å². The van der Waals surface area contributed by atoms with E-state index >= 15 is 0 Å². The Balaban J connectivity index is 5.17. The topological polar surface area (TPSA) is 71.4 Å². The molecule has 0 aromatic carbocycles. The van der Waals surface area contributed by atoms with Gasteiger partial charge in [-0.25, -0.2) is 0 Å². The normalized spacial score (nSPS) is 13.0. The zero-order valence-electron chi connectivity index (χ0n) is 50.8. The Morgan fingerprint density at radius 2 is 0.685 bits per heavy atom. The van der Waals surface area contributed by atoms with Gasteiger partial charge >= 0.3 is 11.9 Å². The van der Waals surface area contributed by atoms with E-state index in [1.54, 1.807) is 0 Å². The first-order valence-corrected chi connectivity index (χ1v) is 33.1. The number of nitrogens with zero attached hydrogens (tertiary/aromatic N) is 3. The molecule has 0 N–H and O–H groups in total. The van der Waals surface area contributed by atoms with E-state index < -0.39 is 0 Å². The van der Waals surface area contributed by atoms with Gasteiger partial charge in [-0.3, -0.25) is 14.6 Å². The molecular formula is C66H131N3O4. The summed E-state index contributed by atoms with van der Waals surface area (Å²) in [6, 6.07) is 0.654. The van der Waals surface area contributed by atoms with Gasteiger partial charge in [-0.2, -0.15) is 0 Å². The van der Waals surface area contributed by atoms with Crippen molar-refractivity contribution >= 4 is 18.3 Å². The van der Waals surface area contributed by atoms with Crippen molar-refractivity contribution in [2.45, 2.75) is 349 Å². The van der Waals surface area contributed by atoms with E-state index in [0.717, 1.165) is 38.8 Å². The third kappa shape index (κ3) is 50.9. The number of unbranched alkanes of at least 4 members (excludes halogenated alkanes) is 31. The minimum atomic E-state index is 0.0233. The van der Waals surface area contributed by atoms with Crippen LogP contribution in [0, 0.1) is 11.8 Å². The number of hydrogen-bond donors (Lipinski definition) is 0. The summed E-state index contributed by atoms with van der Waals surface area (Å²) in [5.41, 5.74) is 0. The van der Waals surface area contributed by atoms with Crippen LogP contribution >= 0.6 is 0 Å². The van der Waals surface area contributed by atoms with E-state index in [1.807, 2.05) is 6.34 Å². The lowest BCUT2D eigenvalue weighted by Gasteiger charge is -2.33. The maximum Gasteiger partial charge on any atom is 0.305 e. The minimum absolute atomic E-state index is 0.0233. The van der Waals surface area contributed by atoms with Crippen molar-refractivity contribution in [1.82, 2.24) is 9.80 Å². The Kier molecular flexibility index (Phi) is 56.8. The number of ether oxygens (including phenoxy) is 2. The summed E-state index contributed by atoms with van der Waals surface area (Å²) >= 11 is 0. The molecule has 0 aliphatic carbocycles. The predicted octanol–water partition coefficient (Wildman–Crippen LogP) is 20.4. The summed E-state index contributed by atoms with van der Waals surface area (Å²) in [4.78, 5) is 35.1. The first-order chi connectivity index (χ1) is 35.8. The molecule has 0 amide bonds. The smallest absolute Gasteiger partial charge is 0.305 e. The van der Waals surface area contributed by atoms with Crippen LogP contribution < -0.4 is 0 Å². The second kappa shape index (κ2) is 58.1. The first-order valence-electron chi connectivity index (χ1n) is 33.1. The van der Waals surface area contributed by atoms with Crippen molar-refractivity contribution in [2.24, 2.45) is 16.8 Å². The maximum atomic E-state index is 12.7. The second-order valence-electron chi connectivity index (χ2n) is 23.1. The second-order valence-corrected chi connectivity index (χ2v) is 23.1. The van der Waals surface area contributed by atoms with Gasteiger partial charge in [0.15, 0.2) is 0 Å². The number of aliphatic imine (C=N–C) groups is 1. The van der Waals surface area contributed by atoms with Crippen LogP contribution in [0.1, 0.15) is 343 Å². The molecule has 0 aliphatic heterocycles. The van der Waals surface area contributed by atoms with Crippen molar-refractivity contribution in [3.63, 3.8) is 0 Å². The minimum Gasteiger partial charge on any atom is -0.465 e. The van der Waals surface area contributed by atoms with Crippen LogP contribution in [-0.2, 0) is 19.1 Å². The molecule has 2 atom stereocenters. The molecule has 2 unspecified atom stereocenters. The van der Waals surface area contributed by atoms with Gasteiger partial charge in [0.1, 0.15) is 0 Å². The first kappa shape index (κ1) is 71.4. The van der Waals surface area contributed by atoms with Crippen molar-refractivity contribution in [3.8, 4) is 0 Å².